The molecule has 0 bridgehead atoms. The van der Waals surface area contributed by atoms with E-state index >= 15 is 0 Å². The second-order valence-corrected chi connectivity index (χ2v) is 7.72. The third-order valence-corrected chi connectivity index (χ3v) is 5.69. The molecule has 0 aliphatic carbocycles. The van der Waals surface area contributed by atoms with Crippen molar-refractivity contribution >= 4 is 45.5 Å². The molecule has 2 heterocycles. The normalized spacial score (nSPS) is 11.4. The highest BCUT2D eigenvalue weighted by molar-refractivity contribution is 7.11. The molecule has 4 nitrogen and oxygen atoms in total. The average molecular weight is 418 g/mol. The lowest BCUT2D eigenvalue weighted by Crippen LogP contribution is -1.89. The van der Waals surface area contributed by atoms with Crippen LogP contribution in [0.1, 0.15) is 16.1 Å². The summed E-state index contributed by atoms with van der Waals surface area (Å²) in [5.74, 6) is 0.716. The minimum Gasteiger partial charge on any atom is -0.497 e. The van der Waals surface area contributed by atoms with Crippen molar-refractivity contribution < 1.29 is 4.74 Å². The number of aromatic nitrogens is 2. The highest BCUT2D eigenvalue weighted by Gasteiger charge is 2.11. The van der Waals surface area contributed by atoms with Gasteiger partial charge in [0.25, 0.3) is 0 Å². The van der Waals surface area contributed by atoms with Gasteiger partial charge in [0.2, 0.25) is 0 Å². The van der Waals surface area contributed by atoms with Gasteiger partial charge in [0.15, 0.2) is 0 Å². The Labute approximate surface area is 177 Å². The third-order valence-electron chi connectivity index (χ3n) is 4.51. The first kappa shape index (κ1) is 19.1. The van der Waals surface area contributed by atoms with Crippen LogP contribution in [0.15, 0.2) is 53.9 Å². The van der Waals surface area contributed by atoms with Crippen molar-refractivity contribution in [2.75, 3.05) is 7.11 Å². The van der Waals surface area contributed by atoms with Crippen molar-refractivity contribution in [1.29, 1.82) is 5.26 Å². The molecule has 0 N–H and O–H groups in total. The first-order chi connectivity index (χ1) is 14.1. The maximum absolute atomic E-state index is 9.70. The zero-order valence-electron chi connectivity index (χ0n) is 15.8. The number of ether oxygens (including phenoxy) is 1. The fourth-order valence-electron chi connectivity index (χ4n) is 2.92. The Kier molecular flexibility index (Phi) is 5.30. The van der Waals surface area contributed by atoms with Gasteiger partial charge in [0.1, 0.15) is 22.0 Å². The zero-order chi connectivity index (χ0) is 20.4. The number of hydrogen-bond donors (Lipinski definition) is 0. The van der Waals surface area contributed by atoms with Crippen molar-refractivity contribution in [3.05, 3.63) is 75.2 Å². The van der Waals surface area contributed by atoms with Crippen LogP contribution in [-0.2, 0) is 0 Å². The van der Waals surface area contributed by atoms with E-state index in [1.807, 2.05) is 60.8 Å². The number of pyridine rings is 1. The summed E-state index contributed by atoms with van der Waals surface area (Å²) in [6, 6.07) is 17.9. The van der Waals surface area contributed by atoms with Crippen LogP contribution in [0.4, 0.5) is 0 Å². The van der Waals surface area contributed by atoms with Crippen LogP contribution >= 0.6 is 22.9 Å². The summed E-state index contributed by atoms with van der Waals surface area (Å²) in [6.45, 7) is 2.05. The smallest absolute Gasteiger partial charge is 0.137 e. The first-order valence-electron chi connectivity index (χ1n) is 8.86. The van der Waals surface area contributed by atoms with Gasteiger partial charge >= 0.3 is 0 Å². The number of allylic oxidation sites excluding steroid dienone is 1. The van der Waals surface area contributed by atoms with E-state index in [2.05, 4.69) is 16.0 Å². The molecule has 142 valence electrons. The van der Waals surface area contributed by atoms with Crippen molar-refractivity contribution in [3.8, 4) is 23.1 Å². The Bertz CT molecular complexity index is 1270. The topological polar surface area (TPSA) is 58.8 Å². The molecule has 2 aromatic carbocycles. The number of nitrogens with zero attached hydrogens (tertiary/aromatic N) is 3. The molecule has 0 radical (unpaired) electrons. The molecule has 0 amide bonds. The van der Waals surface area contributed by atoms with E-state index in [1.165, 1.54) is 16.9 Å². The Morgan fingerprint density at radius 1 is 1.14 bits per heavy atom. The minimum atomic E-state index is 0.328. The van der Waals surface area contributed by atoms with Gasteiger partial charge < -0.3 is 4.74 Å². The number of nitriles is 1. The molecule has 29 heavy (non-hydrogen) atoms. The van der Waals surface area contributed by atoms with Crippen molar-refractivity contribution in [1.82, 2.24) is 9.97 Å². The largest absolute Gasteiger partial charge is 0.497 e. The lowest BCUT2D eigenvalue weighted by atomic mass is 10.1. The number of rotatable bonds is 4. The van der Waals surface area contributed by atoms with E-state index in [-0.39, 0.29) is 0 Å². The van der Waals surface area contributed by atoms with Crippen LogP contribution in [0.3, 0.4) is 0 Å². The van der Waals surface area contributed by atoms with Gasteiger partial charge in [-0.1, -0.05) is 41.4 Å². The van der Waals surface area contributed by atoms with E-state index in [1.54, 1.807) is 13.2 Å². The van der Waals surface area contributed by atoms with Gasteiger partial charge in [0, 0.05) is 28.0 Å². The van der Waals surface area contributed by atoms with E-state index in [4.69, 9.17) is 16.3 Å². The summed E-state index contributed by atoms with van der Waals surface area (Å²) >= 11 is 7.81. The summed E-state index contributed by atoms with van der Waals surface area (Å²) in [7, 11) is 1.61. The van der Waals surface area contributed by atoms with Crippen molar-refractivity contribution in [3.63, 3.8) is 0 Å². The van der Waals surface area contributed by atoms with Crippen molar-refractivity contribution in [2.24, 2.45) is 0 Å². The molecule has 4 aromatic rings. The predicted molar refractivity (Wildman–Crippen MR) is 119 cm³/mol. The number of benzene rings is 2. The Morgan fingerprint density at radius 3 is 2.66 bits per heavy atom. The summed E-state index contributed by atoms with van der Waals surface area (Å²) in [6.07, 6.45) is 1.73. The lowest BCUT2D eigenvalue weighted by molar-refractivity contribution is 0.415. The van der Waals surface area contributed by atoms with E-state index in [9.17, 15) is 5.26 Å². The second-order valence-electron chi connectivity index (χ2n) is 6.50. The number of hydrogen-bond acceptors (Lipinski definition) is 5. The third kappa shape index (κ3) is 4.00. The molecule has 0 spiro atoms. The Hall–Kier alpha value is -3.20. The van der Waals surface area contributed by atoms with Gasteiger partial charge in [-0.15, -0.1) is 11.3 Å². The molecule has 4 rings (SSSR count). The van der Waals surface area contributed by atoms with Gasteiger partial charge in [-0.05, 0) is 31.2 Å². The number of aryl methyl sites for hydroxylation is 1. The number of fused-ring (bicyclic) bond motifs is 1. The van der Waals surface area contributed by atoms with Crippen LogP contribution in [0.2, 0.25) is 5.15 Å². The SMILES string of the molecule is COc1ccc2cc(/C=C(\C#N)c3nc(-c4ccc(C)cc4)cs3)c(Cl)nc2c1. The molecule has 2 aromatic heterocycles. The van der Waals surface area contributed by atoms with E-state index < -0.39 is 0 Å². The summed E-state index contributed by atoms with van der Waals surface area (Å²) in [5, 5.41) is 13.5. The fraction of sp³-hybridized carbons (Fsp3) is 0.0870. The molecule has 0 fully saturated rings. The zero-order valence-corrected chi connectivity index (χ0v) is 17.4. The molecule has 6 heteroatoms. The van der Waals surface area contributed by atoms with E-state index in [0.717, 1.165) is 22.2 Å². The van der Waals surface area contributed by atoms with Gasteiger partial charge in [-0.2, -0.15) is 5.26 Å². The first-order valence-corrected chi connectivity index (χ1v) is 10.1. The minimum absolute atomic E-state index is 0.328. The lowest BCUT2D eigenvalue weighted by Gasteiger charge is -2.05. The van der Waals surface area contributed by atoms with Crippen LogP contribution < -0.4 is 4.74 Å². The fourth-order valence-corrected chi connectivity index (χ4v) is 3.91. The molecule has 0 saturated carbocycles. The quantitative estimate of drug-likeness (QED) is 0.285. The van der Waals surface area contributed by atoms with Crippen LogP contribution in [0.5, 0.6) is 5.75 Å². The molecule has 0 atom stereocenters. The molecule has 0 aliphatic rings. The van der Waals surface area contributed by atoms with Gasteiger partial charge in [-0.25, -0.2) is 9.97 Å². The summed E-state index contributed by atoms with van der Waals surface area (Å²) < 4.78 is 5.23. The van der Waals surface area contributed by atoms with E-state index in [0.29, 0.717) is 27.0 Å². The molecule has 0 aliphatic heterocycles. The average Bonchev–Trinajstić information content (AvgIpc) is 3.22. The monoisotopic (exact) mass is 417 g/mol. The number of methoxy groups -OCH3 is 1. The Morgan fingerprint density at radius 2 is 1.93 bits per heavy atom. The maximum Gasteiger partial charge on any atom is 0.137 e. The highest BCUT2D eigenvalue weighted by atomic mass is 35.5. The predicted octanol–water partition coefficient (Wildman–Crippen LogP) is 6.39. The molecular formula is C23H16ClN3OS. The van der Waals surface area contributed by atoms with Crippen molar-refractivity contribution in [2.45, 2.75) is 6.92 Å². The molecule has 0 saturated heterocycles. The second kappa shape index (κ2) is 8.04. The molecular weight excluding hydrogens is 402 g/mol. The molecule has 0 unspecified atom stereocenters. The number of thiazole rings is 1. The van der Waals surface area contributed by atoms with Crippen LogP contribution in [-0.4, -0.2) is 17.1 Å². The standard InChI is InChI=1S/C23H16ClN3OS/c1-14-3-5-15(6-4-14)21-13-29-23(27-21)18(12-25)10-17-9-16-7-8-19(28-2)11-20(16)26-22(17)24/h3-11,13H,1-2H3/b18-10+. The summed E-state index contributed by atoms with van der Waals surface area (Å²) in [4.78, 5) is 9.08. The van der Waals surface area contributed by atoms with Gasteiger partial charge in [-0.3, -0.25) is 0 Å². The highest BCUT2D eigenvalue weighted by Crippen LogP contribution is 2.30. The van der Waals surface area contributed by atoms with Crippen LogP contribution in [0, 0.1) is 18.3 Å². The summed E-state index contributed by atoms with van der Waals surface area (Å²) in [5.41, 5.74) is 4.92. The Balaban J connectivity index is 1.72. The van der Waals surface area contributed by atoms with Crippen LogP contribution in [0.25, 0.3) is 33.8 Å². The van der Waals surface area contributed by atoms with Gasteiger partial charge in [0.05, 0.1) is 23.9 Å². The maximum atomic E-state index is 9.70. The number of halogens is 1.